The Bertz CT molecular complexity index is 249. The third-order valence-corrected chi connectivity index (χ3v) is 1.90. The molecule has 0 atom stereocenters. The van der Waals surface area contributed by atoms with Crippen LogP contribution >= 0.6 is 0 Å². The fraction of sp³-hybridized carbons (Fsp3) is 0.625. The molecule has 0 aromatic carbocycles. The zero-order valence-electron chi connectivity index (χ0n) is 7.41. The summed E-state index contributed by atoms with van der Waals surface area (Å²) in [5, 5.41) is 0. The van der Waals surface area contributed by atoms with Crippen molar-refractivity contribution in [2.75, 3.05) is 13.7 Å². The van der Waals surface area contributed by atoms with E-state index in [1.165, 1.54) is 7.11 Å². The molecule has 0 bridgehead atoms. The van der Waals surface area contributed by atoms with Gasteiger partial charge in [-0.3, -0.25) is 19.3 Å². The minimum atomic E-state index is -0.607. The van der Waals surface area contributed by atoms with Crippen LogP contribution in [0.1, 0.15) is 19.3 Å². The predicted octanol–water partition coefficient (Wildman–Crippen LogP) is -0.302. The number of likely N-dealkylation sites (tertiary alicyclic amines) is 1. The van der Waals surface area contributed by atoms with Gasteiger partial charge < -0.3 is 4.74 Å². The average Bonchev–Trinajstić information content (AvgIpc) is 2.51. The van der Waals surface area contributed by atoms with Gasteiger partial charge in [-0.15, -0.1) is 0 Å². The first kappa shape index (κ1) is 9.70. The fourth-order valence-electron chi connectivity index (χ4n) is 1.20. The van der Waals surface area contributed by atoms with Gasteiger partial charge >= 0.3 is 5.97 Å². The summed E-state index contributed by atoms with van der Waals surface area (Å²) < 4.78 is 4.32. The lowest BCUT2D eigenvalue weighted by molar-refractivity contribution is -0.149. The van der Waals surface area contributed by atoms with Crippen LogP contribution in [-0.4, -0.2) is 36.3 Å². The number of imide groups is 1. The third-order valence-electron chi connectivity index (χ3n) is 1.90. The minimum absolute atomic E-state index is 0.200. The number of nitrogens with zero attached hydrogens (tertiary/aromatic N) is 1. The van der Waals surface area contributed by atoms with E-state index in [1.54, 1.807) is 0 Å². The van der Waals surface area contributed by atoms with Crippen LogP contribution in [0.25, 0.3) is 0 Å². The van der Waals surface area contributed by atoms with E-state index < -0.39 is 11.9 Å². The first-order chi connectivity index (χ1) is 6.15. The number of ether oxygens (including phenoxy) is 1. The molecule has 5 heteroatoms. The van der Waals surface area contributed by atoms with E-state index >= 15 is 0 Å². The molecule has 5 nitrogen and oxygen atoms in total. The molecule has 1 saturated heterocycles. The van der Waals surface area contributed by atoms with E-state index in [1.807, 2.05) is 0 Å². The van der Waals surface area contributed by atoms with Crippen LogP contribution in [0.4, 0.5) is 0 Å². The van der Waals surface area contributed by atoms with Crippen LogP contribution in [0.3, 0.4) is 0 Å². The van der Waals surface area contributed by atoms with Crippen molar-refractivity contribution >= 4 is 17.8 Å². The van der Waals surface area contributed by atoms with Crippen LogP contribution in [-0.2, 0) is 19.1 Å². The topological polar surface area (TPSA) is 63.7 Å². The molecule has 0 saturated carbocycles. The zero-order chi connectivity index (χ0) is 9.84. The molecule has 2 amide bonds. The van der Waals surface area contributed by atoms with E-state index in [0.29, 0.717) is 19.4 Å². The van der Waals surface area contributed by atoms with E-state index in [9.17, 15) is 14.4 Å². The Kier molecular flexibility index (Phi) is 3.00. The van der Waals surface area contributed by atoms with Crippen molar-refractivity contribution in [3.05, 3.63) is 0 Å². The van der Waals surface area contributed by atoms with Crippen LogP contribution in [0, 0.1) is 0 Å². The molecule has 0 radical (unpaired) electrons. The van der Waals surface area contributed by atoms with Crippen molar-refractivity contribution < 1.29 is 19.1 Å². The van der Waals surface area contributed by atoms with Crippen molar-refractivity contribution in [1.29, 1.82) is 0 Å². The maximum absolute atomic E-state index is 11.2. The number of amides is 2. The molecule has 0 aliphatic carbocycles. The average molecular weight is 185 g/mol. The standard InChI is InChI=1S/C8H11NO4/c1-13-8(12)5-7(11)9-4-2-3-6(9)10/h2-5H2,1H3. The fourth-order valence-corrected chi connectivity index (χ4v) is 1.20. The van der Waals surface area contributed by atoms with E-state index in [0.717, 1.165) is 4.90 Å². The van der Waals surface area contributed by atoms with Gasteiger partial charge in [0.15, 0.2) is 0 Å². The predicted molar refractivity (Wildman–Crippen MR) is 42.6 cm³/mol. The number of hydrogen-bond acceptors (Lipinski definition) is 4. The maximum atomic E-state index is 11.2. The second-order valence-corrected chi connectivity index (χ2v) is 2.80. The molecule has 0 spiro atoms. The monoisotopic (exact) mass is 185 g/mol. The Morgan fingerprint density at radius 2 is 2.23 bits per heavy atom. The molecular formula is C8H11NO4. The largest absolute Gasteiger partial charge is 0.469 e. The maximum Gasteiger partial charge on any atom is 0.315 e. The highest BCUT2D eigenvalue weighted by atomic mass is 16.5. The van der Waals surface area contributed by atoms with Gasteiger partial charge in [0.05, 0.1) is 7.11 Å². The van der Waals surface area contributed by atoms with Crippen molar-refractivity contribution in [2.24, 2.45) is 0 Å². The summed E-state index contributed by atoms with van der Waals surface area (Å²) in [5.74, 6) is -1.27. The molecule has 72 valence electrons. The molecule has 0 unspecified atom stereocenters. The molecule has 0 N–H and O–H groups in total. The summed E-state index contributed by atoms with van der Waals surface area (Å²) in [7, 11) is 1.21. The van der Waals surface area contributed by atoms with Crippen molar-refractivity contribution in [3.63, 3.8) is 0 Å². The lowest BCUT2D eigenvalue weighted by Crippen LogP contribution is -2.33. The molecule has 0 aromatic rings. The van der Waals surface area contributed by atoms with Gasteiger partial charge in [0.25, 0.3) is 0 Å². The second kappa shape index (κ2) is 4.02. The van der Waals surface area contributed by atoms with E-state index in [2.05, 4.69) is 4.74 Å². The smallest absolute Gasteiger partial charge is 0.315 e. The molecule has 1 heterocycles. The molecule has 0 aromatic heterocycles. The number of methoxy groups -OCH3 is 1. The van der Waals surface area contributed by atoms with Crippen molar-refractivity contribution in [2.45, 2.75) is 19.3 Å². The Balaban J connectivity index is 2.47. The normalized spacial score (nSPS) is 16.1. The Morgan fingerprint density at radius 3 is 2.69 bits per heavy atom. The number of rotatable bonds is 2. The number of hydrogen-bond donors (Lipinski definition) is 0. The highest BCUT2D eigenvalue weighted by Crippen LogP contribution is 2.10. The lowest BCUT2D eigenvalue weighted by atomic mass is 10.4. The Labute approximate surface area is 75.6 Å². The van der Waals surface area contributed by atoms with Crippen LogP contribution in [0.15, 0.2) is 0 Å². The van der Waals surface area contributed by atoms with E-state index in [-0.39, 0.29) is 12.3 Å². The van der Waals surface area contributed by atoms with Crippen molar-refractivity contribution in [1.82, 2.24) is 4.90 Å². The Morgan fingerprint density at radius 1 is 1.54 bits per heavy atom. The Hall–Kier alpha value is -1.39. The highest BCUT2D eigenvalue weighted by molar-refractivity contribution is 6.03. The van der Waals surface area contributed by atoms with Crippen LogP contribution in [0.2, 0.25) is 0 Å². The quantitative estimate of drug-likeness (QED) is 0.437. The molecule has 1 aliphatic heterocycles. The van der Waals surface area contributed by atoms with Gasteiger partial charge in [0, 0.05) is 13.0 Å². The van der Waals surface area contributed by atoms with E-state index in [4.69, 9.17) is 0 Å². The van der Waals surface area contributed by atoms with Gasteiger partial charge in [-0.2, -0.15) is 0 Å². The summed E-state index contributed by atoms with van der Waals surface area (Å²) in [6.07, 6.45) is 0.737. The van der Waals surface area contributed by atoms with Gasteiger partial charge in [-0.25, -0.2) is 0 Å². The van der Waals surface area contributed by atoms with Crippen molar-refractivity contribution in [3.8, 4) is 0 Å². The summed E-state index contributed by atoms with van der Waals surface area (Å²) >= 11 is 0. The molecule has 1 rings (SSSR count). The number of carbonyl (C=O) groups is 3. The first-order valence-corrected chi connectivity index (χ1v) is 4.05. The second-order valence-electron chi connectivity index (χ2n) is 2.80. The van der Waals surface area contributed by atoms with Gasteiger partial charge in [0.1, 0.15) is 6.42 Å². The lowest BCUT2D eigenvalue weighted by Gasteiger charge is -2.11. The number of esters is 1. The SMILES string of the molecule is COC(=O)CC(=O)N1CCCC1=O. The van der Waals surface area contributed by atoms with Gasteiger partial charge in [0.2, 0.25) is 11.8 Å². The van der Waals surface area contributed by atoms with Crippen LogP contribution in [0.5, 0.6) is 0 Å². The van der Waals surface area contributed by atoms with Gasteiger partial charge in [-0.1, -0.05) is 0 Å². The third kappa shape index (κ3) is 2.27. The van der Waals surface area contributed by atoms with Crippen LogP contribution < -0.4 is 0 Å². The molecule has 13 heavy (non-hydrogen) atoms. The summed E-state index contributed by atoms with van der Waals surface area (Å²) in [6, 6.07) is 0. The minimum Gasteiger partial charge on any atom is -0.469 e. The first-order valence-electron chi connectivity index (χ1n) is 4.05. The number of carbonyl (C=O) groups excluding carboxylic acids is 3. The molecule has 1 aliphatic rings. The zero-order valence-corrected chi connectivity index (χ0v) is 7.41. The summed E-state index contributed by atoms with van der Waals surface area (Å²) in [6.45, 7) is 0.425. The summed E-state index contributed by atoms with van der Waals surface area (Å²) in [5.41, 5.74) is 0. The highest BCUT2D eigenvalue weighted by Gasteiger charge is 2.27. The summed E-state index contributed by atoms with van der Waals surface area (Å²) in [4.78, 5) is 34.1. The van der Waals surface area contributed by atoms with Gasteiger partial charge in [-0.05, 0) is 6.42 Å². The molecular weight excluding hydrogens is 174 g/mol. The molecule has 1 fully saturated rings.